The van der Waals surface area contributed by atoms with Gasteiger partial charge in [0, 0.05) is 5.56 Å². The second kappa shape index (κ2) is 9.97. The van der Waals surface area contributed by atoms with E-state index >= 15 is 0 Å². The SMILES string of the molecule is CCCOC(=O)c1cc(-c2ccc(/C=C3\C(=O)NN(c4ccc(CC)cc4)C3=O)o2)ccc1Cl. The van der Waals surface area contributed by atoms with Crippen molar-refractivity contribution in [3.63, 3.8) is 0 Å². The van der Waals surface area contributed by atoms with E-state index in [2.05, 4.69) is 5.43 Å². The number of amides is 2. The first kappa shape index (κ1) is 23.3. The molecule has 7 nitrogen and oxygen atoms in total. The van der Waals surface area contributed by atoms with Crippen LogP contribution in [0.4, 0.5) is 5.69 Å². The van der Waals surface area contributed by atoms with E-state index in [1.807, 2.05) is 26.0 Å². The summed E-state index contributed by atoms with van der Waals surface area (Å²) in [5.41, 5.74) is 5.08. The molecule has 1 aliphatic rings. The lowest BCUT2D eigenvalue weighted by Crippen LogP contribution is -2.35. The fourth-order valence-corrected chi connectivity index (χ4v) is 3.65. The minimum absolute atomic E-state index is 0.0413. The molecule has 1 aromatic heterocycles. The van der Waals surface area contributed by atoms with Crippen LogP contribution in [0.5, 0.6) is 0 Å². The average Bonchev–Trinajstić information content (AvgIpc) is 3.43. The number of anilines is 1. The van der Waals surface area contributed by atoms with Crippen LogP contribution in [-0.2, 0) is 20.7 Å². The fourth-order valence-electron chi connectivity index (χ4n) is 3.46. The van der Waals surface area contributed by atoms with Crippen LogP contribution in [0.25, 0.3) is 17.4 Å². The van der Waals surface area contributed by atoms with Gasteiger partial charge in [-0.15, -0.1) is 0 Å². The third kappa shape index (κ3) is 4.75. The van der Waals surface area contributed by atoms with E-state index in [9.17, 15) is 14.4 Å². The van der Waals surface area contributed by atoms with Crippen LogP contribution in [0.1, 0.15) is 41.9 Å². The molecule has 34 heavy (non-hydrogen) atoms. The number of nitrogens with zero attached hydrogens (tertiary/aromatic N) is 1. The van der Waals surface area contributed by atoms with Gasteiger partial charge in [0.15, 0.2) is 0 Å². The van der Waals surface area contributed by atoms with Gasteiger partial charge in [0.25, 0.3) is 11.8 Å². The number of benzene rings is 2. The Balaban J connectivity index is 1.56. The van der Waals surface area contributed by atoms with E-state index in [1.54, 1.807) is 42.5 Å². The Morgan fingerprint density at radius 2 is 1.85 bits per heavy atom. The van der Waals surface area contributed by atoms with E-state index in [4.69, 9.17) is 20.8 Å². The van der Waals surface area contributed by atoms with Crippen LogP contribution in [-0.4, -0.2) is 24.4 Å². The number of hydrogen-bond donors (Lipinski definition) is 1. The van der Waals surface area contributed by atoms with Crippen molar-refractivity contribution in [2.75, 3.05) is 11.6 Å². The molecule has 0 aliphatic carbocycles. The summed E-state index contributed by atoms with van der Waals surface area (Å²) in [6.45, 7) is 4.24. The van der Waals surface area contributed by atoms with Crippen molar-refractivity contribution < 1.29 is 23.5 Å². The van der Waals surface area contributed by atoms with Crippen molar-refractivity contribution in [1.82, 2.24) is 5.43 Å². The predicted molar refractivity (Wildman–Crippen MR) is 129 cm³/mol. The fraction of sp³-hybridized carbons (Fsp3) is 0.192. The predicted octanol–water partition coefficient (Wildman–Crippen LogP) is 5.19. The van der Waals surface area contributed by atoms with Gasteiger partial charge in [-0.1, -0.05) is 37.6 Å². The highest BCUT2D eigenvalue weighted by Crippen LogP contribution is 2.29. The van der Waals surface area contributed by atoms with Crippen molar-refractivity contribution in [1.29, 1.82) is 0 Å². The van der Waals surface area contributed by atoms with Crippen LogP contribution in [0.2, 0.25) is 5.02 Å². The van der Waals surface area contributed by atoms with Crippen molar-refractivity contribution in [3.8, 4) is 11.3 Å². The zero-order chi connectivity index (χ0) is 24.2. The molecule has 1 N–H and O–H groups in total. The molecule has 0 atom stereocenters. The monoisotopic (exact) mass is 478 g/mol. The molecule has 0 unspecified atom stereocenters. The third-order valence-electron chi connectivity index (χ3n) is 5.32. The van der Waals surface area contributed by atoms with Crippen LogP contribution in [0.15, 0.2) is 64.6 Å². The Morgan fingerprint density at radius 1 is 1.09 bits per heavy atom. The summed E-state index contributed by atoms with van der Waals surface area (Å²) in [6.07, 6.45) is 2.97. The summed E-state index contributed by atoms with van der Waals surface area (Å²) in [5.74, 6) is -0.731. The lowest BCUT2D eigenvalue weighted by Gasteiger charge is -2.14. The summed E-state index contributed by atoms with van der Waals surface area (Å²) in [4.78, 5) is 37.6. The van der Waals surface area contributed by atoms with Gasteiger partial charge in [-0.2, -0.15) is 0 Å². The molecule has 1 saturated heterocycles. The highest BCUT2D eigenvalue weighted by molar-refractivity contribution is 6.33. The highest BCUT2D eigenvalue weighted by Gasteiger charge is 2.34. The molecule has 4 rings (SSSR count). The summed E-state index contributed by atoms with van der Waals surface area (Å²) < 4.78 is 11.0. The Labute approximate surface area is 201 Å². The van der Waals surface area contributed by atoms with E-state index < -0.39 is 17.8 Å². The first-order chi connectivity index (χ1) is 16.4. The van der Waals surface area contributed by atoms with Gasteiger partial charge in [-0.05, 0) is 66.9 Å². The van der Waals surface area contributed by atoms with Gasteiger partial charge in [0.1, 0.15) is 17.1 Å². The molecule has 8 heteroatoms. The van der Waals surface area contributed by atoms with Gasteiger partial charge < -0.3 is 9.15 Å². The maximum Gasteiger partial charge on any atom is 0.339 e. The molecule has 2 heterocycles. The zero-order valence-electron chi connectivity index (χ0n) is 18.8. The van der Waals surface area contributed by atoms with Crippen molar-refractivity contribution >= 4 is 41.1 Å². The van der Waals surface area contributed by atoms with Gasteiger partial charge in [-0.25, -0.2) is 9.80 Å². The quantitative estimate of drug-likeness (QED) is 0.287. The van der Waals surface area contributed by atoms with Crippen LogP contribution in [0, 0.1) is 0 Å². The molecular weight excluding hydrogens is 456 g/mol. The van der Waals surface area contributed by atoms with Gasteiger partial charge in [0.2, 0.25) is 0 Å². The second-order valence-electron chi connectivity index (χ2n) is 7.69. The number of carbonyl (C=O) groups excluding carboxylic acids is 3. The Bertz CT molecular complexity index is 1280. The molecular formula is C26H23ClN2O5. The molecule has 2 aromatic carbocycles. The molecule has 0 saturated carbocycles. The normalized spacial score (nSPS) is 14.6. The molecule has 0 spiro atoms. The van der Waals surface area contributed by atoms with Crippen molar-refractivity contribution in [2.45, 2.75) is 26.7 Å². The molecule has 3 aromatic rings. The number of ether oxygens (including phenoxy) is 1. The molecule has 174 valence electrons. The average molecular weight is 479 g/mol. The van der Waals surface area contributed by atoms with Crippen LogP contribution < -0.4 is 10.4 Å². The Hall–Kier alpha value is -3.84. The minimum Gasteiger partial charge on any atom is -0.462 e. The lowest BCUT2D eigenvalue weighted by atomic mass is 10.1. The number of esters is 1. The largest absolute Gasteiger partial charge is 0.462 e. The molecule has 2 amide bonds. The number of aryl methyl sites for hydroxylation is 1. The van der Waals surface area contributed by atoms with E-state index in [0.29, 0.717) is 35.8 Å². The third-order valence-corrected chi connectivity index (χ3v) is 5.65. The number of halogens is 1. The number of hydrazine groups is 1. The summed E-state index contributed by atoms with van der Waals surface area (Å²) in [7, 11) is 0. The first-order valence-corrected chi connectivity index (χ1v) is 11.3. The number of nitrogens with one attached hydrogen (secondary N) is 1. The van der Waals surface area contributed by atoms with Gasteiger partial charge in [-0.3, -0.25) is 15.0 Å². The molecule has 0 bridgehead atoms. The number of hydrogen-bond acceptors (Lipinski definition) is 5. The molecule has 1 aliphatic heterocycles. The topological polar surface area (TPSA) is 88.9 Å². The van der Waals surface area contributed by atoms with Gasteiger partial charge >= 0.3 is 5.97 Å². The highest BCUT2D eigenvalue weighted by atomic mass is 35.5. The van der Waals surface area contributed by atoms with E-state index in [0.717, 1.165) is 12.0 Å². The maximum atomic E-state index is 12.9. The zero-order valence-corrected chi connectivity index (χ0v) is 19.5. The first-order valence-electron chi connectivity index (χ1n) is 10.9. The minimum atomic E-state index is -0.519. The summed E-state index contributed by atoms with van der Waals surface area (Å²) >= 11 is 6.16. The lowest BCUT2D eigenvalue weighted by molar-refractivity contribution is -0.117. The number of carbonyl (C=O) groups is 3. The van der Waals surface area contributed by atoms with Crippen LogP contribution in [0.3, 0.4) is 0 Å². The number of rotatable bonds is 7. The van der Waals surface area contributed by atoms with E-state index in [1.165, 1.54) is 11.1 Å². The summed E-state index contributed by atoms with van der Waals surface area (Å²) in [5, 5.41) is 1.49. The maximum absolute atomic E-state index is 12.9. The second-order valence-corrected chi connectivity index (χ2v) is 8.10. The van der Waals surface area contributed by atoms with Crippen molar-refractivity contribution in [3.05, 3.63) is 82.1 Å². The van der Waals surface area contributed by atoms with E-state index in [-0.39, 0.29) is 16.2 Å². The van der Waals surface area contributed by atoms with Crippen molar-refractivity contribution in [2.24, 2.45) is 0 Å². The standard InChI is InChI=1S/C26H23ClN2O5/c1-3-13-33-26(32)20-14-17(7-11-22(20)27)23-12-10-19(34-23)15-21-24(30)28-29(25(21)31)18-8-5-16(4-2)6-9-18/h5-12,14-15H,3-4,13H2,1-2H3,(H,28,30)/b21-15+. The Kier molecular flexibility index (Phi) is 6.84. The van der Waals surface area contributed by atoms with Crippen LogP contribution >= 0.6 is 11.6 Å². The smallest absolute Gasteiger partial charge is 0.339 e. The molecule has 1 fully saturated rings. The Morgan fingerprint density at radius 3 is 2.56 bits per heavy atom. The summed E-state index contributed by atoms with van der Waals surface area (Å²) in [6, 6.07) is 15.6. The van der Waals surface area contributed by atoms with Gasteiger partial charge in [0.05, 0.1) is 22.9 Å². The number of furan rings is 1. The molecule has 0 radical (unpaired) electrons.